The van der Waals surface area contributed by atoms with Gasteiger partial charge in [-0.3, -0.25) is 0 Å². The lowest BCUT2D eigenvalue weighted by molar-refractivity contribution is 0.0600. The van der Waals surface area contributed by atoms with E-state index in [4.69, 9.17) is 9.15 Å². The molecule has 1 N–H and O–H groups in total. The normalized spacial score (nSPS) is 10.7. The predicted molar refractivity (Wildman–Crippen MR) is 74.7 cm³/mol. The number of hydrogen-bond donors (Lipinski definition) is 1. The predicted octanol–water partition coefficient (Wildman–Crippen LogP) is 3.59. The van der Waals surface area contributed by atoms with Gasteiger partial charge in [0.15, 0.2) is 0 Å². The molecule has 0 saturated carbocycles. The van der Waals surface area contributed by atoms with E-state index in [1.54, 1.807) is 12.1 Å². The first-order valence-corrected chi connectivity index (χ1v) is 6.10. The van der Waals surface area contributed by atoms with Crippen LogP contribution in [-0.4, -0.2) is 18.2 Å². The van der Waals surface area contributed by atoms with E-state index in [0.29, 0.717) is 16.7 Å². The van der Waals surface area contributed by atoms with Gasteiger partial charge in [-0.1, -0.05) is 30.3 Å². The van der Waals surface area contributed by atoms with Gasteiger partial charge in [0.05, 0.1) is 7.11 Å². The summed E-state index contributed by atoms with van der Waals surface area (Å²) in [7, 11) is 1.28. The zero-order chi connectivity index (χ0) is 14.1. The van der Waals surface area contributed by atoms with Crippen LogP contribution >= 0.6 is 0 Å². The highest BCUT2D eigenvalue weighted by Crippen LogP contribution is 2.34. The number of phenolic OH excluding ortho intramolecular Hbond substituents is 1. The van der Waals surface area contributed by atoms with Gasteiger partial charge in [-0.2, -0.15) is 0 Å². The fraction of sp³-hybridized carbons (Fsp3) is 0.0625. The third-order valence-electron chi connectivity index (χ3n) is 3.13. The molecule has 0 fully saturated rings. The number of rotatable bonds is 2. The molecule has 1 aromatic heterocycles. The standard InChI is InChI=1S/C16H12O4/c1-19-16(18)15-11-9-14(10-5-3-2-4-6-10)20-13(11)8-7-12(15)17/h2-9,17H,1H3. The molecule has 0 unspecified atom stereocenters. The molecule has 0 bridgehead atoms. The van der Waals surface area contributed by atoms with Crippen LogP contribution in [0.3, 0.4) is 0 Å². The number of esters is 1. The molecule has 0 aliphatic rings. The van der Waals surface area contributed by atoms with Gasteiger partial charge in [-0.05, 0) is 18.2 Å². The summed E-state index contributed by atoms with van der Waals surface area (Å²) in [6.07, 6.45) is 0. The molecule has 4 nitrogen and oxygen atoms in total. The summed E-state index contributed by atoms with van der Waals surface area (Å²) in [5.74, 6) is -0.0744. The molecule has 0 saturated heterocycles. The van der Waals surface area contributed by atoms with Gasteiger partial charge in [0.25, 0.3) is 0 Å². The Morgan fingerprint density at radius 2 is 1.90 bits per heavy atom. The SMILES string of the molecule is COC(=O)c1c(O)ccc2oc(-c3ccccc3)cc12. The van der Waals surface area contributed by atoms with Crippen molar-refractivity contribution in [3.8, 4) is 17.1 Å². The molecule has 4 heteroatoms. The Kier molecular flexibility index (Phi) is 2.91. The quantitative estimate of drug-likeness (QED) is 0.721. The number of carbonyl (C=O) groups excluding carboxylic acids is 1. The van der Waals surface area contributed by atoms with Crippen molar-refractivity contribution in [2.75, 3.05) is 7.11 Å². The van der Waals surface area contributed by atoms with E-state index in [2.05, 4.69) is 0 Å². The van der Waals surface area contributed by atoms with E-state index in [-0.39, 0.29) is 11.3 Å². The number of methoxy groups -OCH3 is 1. The minimum absolute atomic E-state index is 0.121. The summed E-state index contributed by atoms with van der Waals surface area (Å²) in [5.41, 5.74) is 1.55. The maximum absolute atomic E-state index is 11.8. The van der Waals surface area contributed by atoms with Crippen molar-refractivity contribution < 1.29 is 19.1 Å². The molecule has 100 valence electrons. The largest absolute Gasteiger partial charge is 0.507 e. The molecule has 1 heterocycles. The van der Waals surface area contributed by atoms with Crippen LogP contribution in [0.1, 0.15) is 10.4 Å². The molecular weight excluding hydrogens is 256 g/mol. The van der Waals surface area contributed by atoms with Crippen LogP contribution in [0.4, 0.5) is 0 Å². The van der Waals surface area contributed by atoms with Gasteiger partial charge >= 0.3 is 5.97 Å². The topological polar surface area (TPSA) is 59.7 Å². The number of phenols is 1. The fourth-order valence-corrected chi connectivity index (χ4v) is 2.16. The summed E-state index contributed by atoms with van der Waals surface area (Å²) in [6, 6.07) is 14.3. The lowest BCUT2D eigenvalue weighted by atomic mass is 10.1. The van der Waals surface area contributed by atoms with Gasteiger partial charge < -0.3 is 14.3 Å². The molecular formula is C16H12O4. The number of furan rings is 1. The van der Waals surface area contributed by atoms with E-state index in [0.717, 1.165) is 5.56 Å². The highest BCUT2D eigenvalue weighted by atomic mass is 16.5. The third-order valence-corrected chi connectivity index (χ3v) is 3.13. The molecule has 2 aromatic carbocycles. The van der Waals surface area contributed by atoms with Crippen molar-refractivity contribution in [3.63, 3.8) is 0 Å². The number of ether oxygens (including phenoxy) is 1. The van der Waals surface area contributed by atoms with Crippen LogP contribution in [0.5, 0.6) is 5.75 Å². The van der Waals surface area contributed by atoms with E-state index in [1.165, 1.54) is 13.2 Å². The monoisotopic (exact) mass is 268 g/mol. The van der Waals surface area contributed by atoms with Crippen molar-refractivity contribution >= 4 is 16.9 Å². The first-order valence-electron chi connectivity index (χ1n) is 6.10. The molecule has 20 heavy (non-hydrogen) atoms. The number of carbonyl (C=O) groups is 1. The van der Waals surface area contributed by atoms with Gasteiger partial charge in [-0.25, -0.2) is 4.79 Å². The first kappa shape index (κ1) is 12.3. The third kappa shape index (κ3) is 1.91. The highest BCUT2D eigenvalue weighted by Gasteiger charge is 2.19. The zero-order valence-electron chi connectivity index (χ0n) is 10.8. The molecule has 0 spiro atoms. The summed E-state index contributed by atoms with van der Waals surface area (Å²) in [6.45, 7) is 0. The smallest absolute Gasteiger partial charge is 0.342 e. The van der Waals surface area contributed by atoms with Crippen LogP contribution in [0.25, 0.3) is 22.3 Å². The van der Waals surface area contributed by atoms with Crippen LogP contribution in [0, 0.1) is 0 Å². The Bertz CT molecular complexity index is 772. The number of hydrogen-bond acceptors (Lipinski definition) is 4. The molecule has 0 radical (unpaired) electrons. The fourth-order valence-electron chi connectivity index (χ4n) is 2.16. The van der Waals surface area contributed by atoms with Crippen LogP contribution in [0.2, 0.25) is 0 Å². The maximum atomic E-state index is 11.8. The Morgan fingerprint density at radius 3 is 2.60 bits per heavy atom. The Balaban J connectivity index is 2.24. The second-order valence-electron chi connectivity index (χ2n) is 4.34. The molecule has 0 aliphatic carbocycles. The van der Waals surface area contributed by atoms with Gasteiger partial charge in [-0.15, -0.1) is 0 Å². The van der Waals surface area contributed by atoms with Gasteiger partial charge in [0, 0.05) is 10.9 Å². The Hall–Kier alpha value is -2.75. The second kappa shape index (κ2) is 4.74. The zero-order valence-corrected chi connectivity index (χ0v) is 10.8. The summed E-state index contributed by atoms with van der Waals surface area (Å²) in [5, 5.41) is 10.4. The minimum atomic E-state index is -0.589. The lowest BCUT2D eigenvalue weighted by Crippen LogP contribution is -2.01. The Labute approximate surface area is 115 Å². The van der Waals surface area contributed by atoms with Crippen molar-refractivity contribution in [3.05, 3.63) is 54.1 Å². The van der Waals surface area contributed by atoms with E-state index in [1.807, 2.05) is 30.3 Å². The molecule has 3 rings (SSSR count). The Morgan fingerprint density at radius 1 is 1.15 bits per heavy atom. The summed E-state index contributed by atoms with van der Waals surface area (Å²) in [4.78, 5) is 11.8. The van der Waals surface area contributed by atoms with Gasteiger partial charge in [0.2, 0.25) is 0 Å². The average Bonchev–Trinajstić information content (AvgIpc) is 2.91. The van der Waals surface area contributed by atoms with E-state index in [9.17, 15) is 9.90 Å². The highest BCUT2D eigenvalue weighted by molar-refractivity contribution is 6.06. The lowest BCUT2D eigenvalue weighted by Gasteiger charge is -2.02. The molecule has 0 atom stereocenters. The van der Waals surface area contributed by atoms with Crippen molar-refractivity contribution in [1.82, 2.24) is 0 Å². The average molecular weight is 268 g/mol. The van der Waals surface area contributed by atoms with Gasteiger partial charge in [0.1, 0.15) is 22.7 Å². The summed E-state index contributed by atoms with van der Waals surface area (Å²) < 4.78 is 10.4. The molecule has 3 aromatic rings. The number of benzene rings is 2. The van der Waals surface area contributed by atoms with E-state index < -0.39 is 5.97 Å². The second-order valence-corrected chi connectivity index (χ2v) is 4.34. The number of fused-ring (bicyclic) bond motifs is 1. The van der Waals surface area contributed by atoms with Crippen LogP contribution in [0.15, 0.2) is 52.9 Å². The van der Waals surface area contributed by atoms with Crippen LogP contribution in [-0.2, 0) is 4.74 Å². The first-order chi connectivity index (χ1) is 9.70. The maximum Gasteiger partial charge on any atom is 0.342 e. The minimum Gasteiger partial charge on any atom is -0.507 e. The van der Waals surface area contributed by atoms with E-state index >= 15 is 0 Å². The van der Waals surface area contributed by atoms with Crippen molar-refractivity contribution in [2.45, 2.75) is 0 Å². The van der Waals surface area contributed by atoms with Crippen LogP contribution < -0.4 is 0 Å². The van der Waals surface area contributed by atoms with Crippen molar-refractivity contribution in [2.24, 2.45) is 0 Å². The van der Waals surface area contributed by atoms with Crippen molar-refractivity contribution in [1.29, 1.82) is 0 Å². The summed E-state index contributed by atoms with van der Waals surface area (Å²) >= 11 is 0. The molecule has 0 aliphatic heterocycles. The number of aromatic hydroxyl groups is 1. The molecule has 0 amide bonds.